The molecule has 3 aromatic heterocycles. The molecule has 0 spiro atoms. The third kappa shape index (κ3) is 4.47. The van der Waals surface area contributed by atoms with Gasteiger partial charge in [0, 0.05) is 30.2 Å². The maximum atomic E-state index is 12.1. The number of anilines is 1. The molecule has 0 saturated heterocycles. The Balaban J connectivity index is 1.45. The molecule has 0 radical (unpaired) electrons. The summed E-state index contributed by atoms with van der Waals surface area (Å²) in [4.78, 5) is 16.6. The van der Waals surface area contributed by atoms with Crippen LogP contribution in [0.3, 0.4) is 0 Å². The molecule has 1 aromatic carbocycles. The van der Waals surface area contributed by atoms with Crippen molar-refractivity contribution in [1.29, 1.82) is 0 Å². The number of carbonyl (C=O) groups excluding carboxylic acids is 1. The maximum absolute atomic E-state index is 12.1. The van der Waals surface area contributed by atoms with E-state index >= 15 is 0 Å². The smallest absolute Gasteiger partial charge is 0.248 e. The van der Waals surface area contributed by atoms with Crippen LogP contribution in [-0.2, 0) is 11.4 Å². The molecule has 0 aliphatic heterocycles. The number of hydrogen-bond donors (Lipinski definition) is 1. The van der Waals surface area contributed by atoms with Gasteiger partial charge in [-0.15, -0.1) is 0 Å². The van der Waals surface area contributed by atoms with E-state index in [-0.39, 0.29) is 12.5 Å². The van der Waals surface area contributed by atoms with Crippen molar-refractivity contribution >= 4 is 23.3 Å². The highest BCUT2D eigenvalue weighted by molar-refractivity contribution is 6.01. The summed E-state index contributed by atoms with van der Waals surface area (Å²) in [5, 5.41) is 2.79. The molecule has 0 aliphatic rings. The van der Waals surface area contributed by atoms with E-state index in [0.717, 1.165) is 11.3 Å². The lowest BCUT2D eigenvalue weighted by Crippen LogP contribution is -2.08. The minimum atomic E-state index is -0.280. The fourth-order valence-electron chi connectivity index (χ4n) is 2.80. The fraction of sp³-hybridized carbons (Fsp3) is 0.0909. The van der Waals surface area contributed by atoms with Gasteiger partial charge in [0.25, 0.3) is 0 Å². The molecule has 29 heavy (non-hydrogen) atoms. The first kappa shape index (κ1) is 18.4. The molecular formula is C22H19N3O4. The van der Waals surface area contributed by atoms with Crippen LogP contribution < -0.4 is 14.8 Å². The number of hydrogen-bond acceptors (Lipinski definition) is 5. The van der Waals surface area contributed by atoms with Gasteiger partial charge in [-0.25, -0.2) is 4.98 Å². The molecule has 7 nitrogen and oxygen atoms in total. The van der Waals surface area contributed by atoms with Crippen molar-refractivity contribution in [2.45, 2.75) is 6.61 Å². The molecule has 1 N–H and O–H groups in total. The predicted octanol–water partition coefficient (Wildman–Crippen LogP) is 4.17. The van der Waals surface area contributed by atoms with E-state index < -0.39 is 0 Å². The van der Waals surface area contributed by atoms with Crippen LogP contribution >= 0.6 is 0 Å². The number of aromatic nitrogens is 2. The topological polar surface area (TPSA) is 78.0 Å². The zero-order valence-electron chi connectivity index (χ0n) is 15.7. The molecule has 0 atom stereocenters. The number of pyridine rings is 1. The van der Waals surface area contributed by atoms with Gasteiger partial charge in [0.2, 0.25) is 5.91 Å². The number of benzene rings is 1. The van der Waals surface area contributed by atoms with Crippen LogP contribution in [0.1, 0.15) is 11.5 Å². The van der Waals surface area contributed by atoms with Crippen LogP contribution in [0.4, 0.5) is 5.69 Å². The van der Waals surface area contributed by atoms with Crippen molar-refractivity contribution < 1.29 is 18.7 Å². The summed E-state index contributed by atoms with van der Waals surface area (Å²) in [6.07, 6.45) is 8.39. The van der Waals surface area contributed by atoms with E-state index in [0.29, 0.717) is 22.9 Å². The van der Waals surface area contributed by atoms with Gasteiger partial charge < -0.3 is 23.6 Å². The number of nitrogens with one attached hydrogen (secondary N) is 1. The summed E-state index contributed by atoms with van der Waals surface area (Å²) in [6, 6.07) is 14.5. The first-order valence-corrected chi connectivity index (χ1v) is 8.97. The number of rotatable bonds is 7. The molecule has 4 rings (SSSR count). The predicted molar refractivity (Wildman–Crippen MR) is 109 cm³/mol. The molecule has 1 amide bonds. The number of amides is 1. The molecule has 0 fully saturated rings. The van der Waals surface area contributed by atoms with Gasteiger partial charge in [-0.05, 0) is 42.5 Å². The first-order chi connectivity index (χ1) is 14.2. The van der Waals surface area contributed by atoms with Crippen molar-refractivity contribution in [3.8, 4) is 11.5 Å². The molecule has 146 valence electrons. The van der Waals surface area contributed by atoms with Crippen LogP contribution in [0.2, 0.25) is 0 Å². The zero-order chi connectivity index (χ0) is 20.1. The third-order valence-corrected chi connectivity index (χ3v) is 4.16. The van der Waals surface area contributed by atoms with Gasteiger partial charge in [0.05, 0.1) is 19.1 Å². The standard InChI is InChI=1S/C22H19N3O4/c1-27-19-9-7-16(24-22(26)10-8-18-5-4-12-28-18)13-20(19)29-15-17-14-25-11-3-2-6-21(25)23-17/h2-14H,15H2,1H3,(H,24,26). The zero-order valence-corrected chi connectivity index (χ0v) is 15.7. The molecule has 0 unspecified atom stereocenters. The number of fused-ring (bicyclic) bond motifs is 1. The van der Waals surface area contributed by atoms with Crippen molar-refractivity contribution in [2.75, 3.05) is 12.4 Å². The Morgan fingerprint density at radius 3 is 2.93 bits per heavy atom. The number of furan rings is 1. The summed E-state index contributed by atoms with van der Waals surface area (Å²) in [6.45, 7) is 0.272. The first-order valence-electron chi connectivity index (χ1n) is 8.97. The van der Waals surface area contributed by atoms with Crippen LogP contribution in [0.15, 0.2) is 77.7 Å². The summed E-state index contributed by atoms with van der Waals surface area (Å²) in [5.74, 6) is 1.40. The monoisotopic (exact) mass is 389 g/mol. The average molecular weight is 389 g/mol. The Morgan fingerprint density at radius 1 is 1.21 bits per heavy atom. The number of methoxy groups -OCH3 is 1. The summed E-state index contributed by atoms with van der Waals surface area (Å²) in [7, 11) is 1.57. The minimum absolute atomic E-state index is 0.272. The SMILES string of the molecule is COc1ccc(NC(=O)C=Cc2ccco2)cc1OCc1cn2ccccc2n1. The van der Waals surface area contributed by atoms with E-state index in [1.807, 2.05) is 35.0 Å². The highest BCUT2D eigenvalue weighted by Gasteiger charge is 2.09. The van der Waals surface area contributed by atoms with Crippen LogP contribution in [0, 0.1) is 0 Å². The molecule has 0 saturated carbocycles. The second-order valence-corrected chi connectivity index (χ2v) is 6.19. The van der Waals surface area contributed by atoms with E-state index in [4.69, 9.17) is 13.9 Å². The fourth-order valence-corrected chi connectivity index (χ4v) is 2.80. The van der Waals surface area contributed by atoms with Gasteiger partial charge >= 0.3 is 0 Å². The lowest BCUT2D eigenvalue weighted by molar-refractivity contribution is -0.111. The second kappa shape index (κ2) is 8.35. The highest BCUT2D eigenvalue weighted by atomic mass is 16.5. The van der Waals surface area contributed by atoms with Crippen molar-refractivity contribution in [1.82, 2.24) is 9.38 Å². The Kier molecular flexibility index (Phi) is 5.29. The molecule has 0 bridgehead atoms. The Bertz CT molecular complexity index is 1110. The van der Waals surface area contributed by atoms with E-state index in [1.54, 1.807) is 49.8 Å². The highest BCUT2D eigenvalue weighted by Crippen LogP contribution is 2.31. The number of nitrogens with zero attached hydrogens (tertiary/aromatic N) is 2. The molecule has 7 heteroatoms. The Labute approximate surface area is 167 Å². The third-order valence-electron chi connectivity index (χ3n) is 4.16. The van der Waals surface area contributed by atoms with Crippen molar-refractivity contribution in [2.24, 2.45) is 0 Å². The van der Waals surface area contributed by atoms with Crippen LogP contribution in [0.5, 0.6) is 11.5 Å². The van der Waals surface area contributed by atoms with Gasteiger partial charge in [-0.3, -0.25) is 4.79 Å². The lowest BCUT2D eigenvalue weighted by Gasteiger charge is -2.12. The van der Waals surface area contributed by atoms with Gasteiger partial charge in [-0.2, -0.15) is 0 Å². The molecule has 0 aliphatic carbocycles. The summed E-state index contributed by atoms with van der Waals surface area (Å²) in [5.41, 5.74) is 2.22. The average Bonchev–Trinajstić information content (AvgIpc) is 3.40. The quantitative estimate of drug-likeness (QED) is 0.480. The van der Waals surface area contributed by atoms with E-state index in [9.17, 15) is 4.79 Å². The van der Waals surface area contributed by atoms with E-state index in [1.165, 1.54) is 6.08 Å². The van der Waals surface area contributed by atoms with E-state index in [2.05, 4.69) is 10.3 Å². The number of carbonyl (C=O) groups is 1. The summed E-state index contributed by atoms with van der Waals surface area (Å²) < 4.78 is 18.4. The Morgan fingerprint density at radius 2 is 2.14 bits per heavy atom. The minimum Gasteiger partial charge on any atom is -0.493 e. The van der Waals surface area contributed by atoms with Crippen LogP contribution in [-0.4, -0.2) is 22.4 Å². The van der Waals surface area contributed by atoms with Crippen molar-refractivity contribution in [3.63, 3.8) is 0 Å². The lowest BCUT2D eigenvalue weighted by atomic mass is 10.2. The van der Waals surface area contributed by atoms with Crippen LogP contribution in [0.25, 0.3) is 11.7 Å². The number of imidazole rings is 1. The van der Waals surface area contributed by atoms with Crippen molar-refractivity contribution in [3.05, 3.63) is 84.7 Å². The maximum Gasteiger partial charge on any atom is 0.248 e. The second-order valence-electron chi connectivity index (χ2n) is 6.19. The normalized spacial score (nSPS) is 11.1. The number of ether oxygens (including phenoxy) is 2. The summed E-state index contributed by atoms with van der Waals surface area (Å²) >= 11 is 0. The molecule has 4 aromatic rings. The largest absolute Gasteiger partial charge is 0.493 e. The van der Waals surface area contributed by atoms with Gasteiger partial charge in [-0.1, -0.05) is 6.07 Å². The van der Waals surface area contributed by atoms with Gasteiger partial charge in [0.15, 0.2) is 11.5 Å². The molecule has 3 heterocycles. The Hall–Kier alpha value is -4.00. The molecular weight excluding hydrogens is 370 g/mol. The van der Waals surface area contributed by atoms with Gasteiger partial charge in [0.1, 0.15) is 18.0 Å².